The fraction of sp³-hybridized carbons (Fsp3) is 0.154. The summed E-state index contributed by atoms with van der Waals surface area (Å²) in [5.74, 6) is 0.645. The third kappa shape index (κ3) is 2.26. The number of alkyl halides is 1. The largest absolute Gasteiger partial charge is 0.349 e. The molecule has 0 aliphatic rings. The van der Waals surface area contributed by atoms with Crippen molar-refractivity contribution in [3.8, 4) is 0 Å². The van der Waals surface area contributed by atoms with Gasteiger partial charge in [-0.2, -0.15) is 0 Å². The minimum atomic E-state index is -0.215. The summed E-state index contributed by atoms with van der Waals surface area (Å²) in [6.07, 6.45) is 4.13. The maximum atomic E-state index is 13.1. The quantitative estimate of drug-likeness (QED) is 0.713. The zero-order valence-electron chi connectivity index (χ0n) is 9.36. The molecule has 0 fully saturated rings. The van der Waals surface area contributed by atoms with Crippen molar-refractivity contribution in [2.24, 2.45) is 0 Å². The Morgan fingerprint density at radius 3 is 3.06 bits per heavy atom. The van der Waals surface area contributed by atoms with Gasteiger partial charge in [0, 0.05) is 28.4 Å². The van der Waals surface area contributed by atoms with Gasteiger partial charge in [0.15, 0.2) is 0 Å². The van der Waals surface area contributed by atoms with Gasteiger partial charge in [0.05, 0.1) is 5.38 Å². The van der Waals surface area contributed by atoms with Crippen LogP contribution in [0.3, 0.4) is 0 Å². The number of nitrogens with one attached hydrogen (secondary N) is 1. The van der Waals surface area contributed by atoms with E-state index >= 15 is 0 Å². The van der Waals surface area contributed by atoms with E-state index in [1.54, 1.807) is 24.5 Å². The second-order valence-electron chi connectivity index (χ2n) is 4.04. The predicted molar refractivity (Wildman–Crippen MR) is 72.7 cm³/mol. The molecule has 0 aliphatic carbocycles. The molecule has 0 saturated carbocycles. The lowest BCUT2D eigenvalue weighted by atomic mass is 10.2. The molecule has 0 spiro atoms. The van der Waals surface area contributed by atoms with Crippen LogP contribution in [0.1, 0.15) is 16.1 Å². The maximum absolute atomic E-state index is 13.1. The van der Waals surface area contributed by atoms with Gasteiger partial charge in [0.25, 0.3) is 0 Å². The molecule has 0 radical (unpaired) electrons. The normalized spacial score (nSPS) is 13.0. The Morgan fingerprint density at radius 2 is 2.28 bits per heavy atom. The fourth-order valence-corrected chi connectivity index (χ4v) is 3.27. The lowest BCUT2D eigenvalue weighted by molar-refractivity contribution is 0.630. The minimum absolute atomic E-state index is 0.142. The topological polar surface area (TPSA) is 28.7 Å². The number of aromatic nitrogens is 2. The number of hydrogen-bond acceptors (Lipinski definition) is 2. The van der Waals surface area contributed by atoms with Gasteiger partial charge in [-0.05, 0) is 23.6 Å². The summed E-state index contributed by atoms with van der Waals surface area (Å²) in [5.41, 5.74) is 0. The predicted octanol–water partition coefficient (Wildman–Crippen LogP) is 4.29. The first-order chi connectivity index (χ1) is 8.72. The first-order valence-corrected chi connectivity index (χ1v) is 6.79. The van der Waals surface area contributed by atoms with Gasteiger partial charge in [-0.3, -0.25) is 0 Å². The molecule has 3 aromatic rings. The molecule has 0 saturated heterocycles. The molecule has 5 heteroatoms. The number of thiophene rings is 1. The lowest BCUT2D eigenvalue weighted by Gasteiger charge is -2.03. The van der Waals surface area contributed by atoms with E-state index in [1.165, 1.54) is 17.4 Å². The van der Waals surface area contributed by atoms with E-state index in [-0.39, 0.29) is 11.2 Å². The molecule has 2 aromatic heterocycles. The number of imidazole rings is 1. The number of benzene rings is 1. The van der Waals surface area contributed by atoms with E-state index in [4.69, 9.17) is 11.6 Å². The Morgan fingerprint density at radius 1 is 1.39 bits per heavy atom. The van der Waals surface area contributed by atoms with Crippen LogP contribution in [0.15, 0.2) is 36.7 Å². The molecule has 1 aromatic carbocycles. The van der Waals surface area contributed by atoms with Crippen LogP contribution >= 0.6 is 22.9 Å². The second-order valence-corrected chi connectivity index (χ2v) is 5.68. The number of hydrogen-bond donors (Lipinski definition) is 1. The number of rotatable bonds is 3. The first kappa shape index (κ1) is 11.7. The van der Waals surface area contributed by atoms with Gasteiger partial charge in [-0.25, -0.2) is 9.37 Å². The van der Waals surface area contributed by atoms with E-state index in [9.17, 15) is 4.39 Å². The van der Waals surface area contributed by atoms with Crippen LogP contribution in [-0.4, -0.2) is 9.97 Å². The lowest BCUT2D eigenvalue weighted by Crippen LogP contribution is -1.95. The minimum Gasteiger partial charge on any atom is -0.349 e. The third-order valence-corrected chi connectivity index (χ3v) is 4.47. The van der Waals surface area contributed by atoms with Crippen LogP contribution in [0.4, 0.5) is 4.39 Å². The standard InChI is InChI=1S/C13H10ClFN2S/c14-10(7-13-16-3-4-17-13)12-5-8-1-2-9(15)6-11(8)18-12/h1-6,10H,7H2,(H,16,17). The summed E-state index contributed by atoms with van der Waals surface area (Å²) in [5, 5.41) is 0.887. The zero-order chi connectivity index (χ0) is 12.5. The highest BCUT2D eigenvalue weighted by atomic mass is 35.5. The van der Waals surface area contributed by atoms with Crippen molar-refractivity contribution in [3.63, 3.8) is 0 Å². The van der Waals surface area contributed by atoms with Gasteiger partial charge in [0.1, 0.15) is 11.6 Å². The number of H-pyrrole nitrogens is 1. The molecule has 0 aliphatic heterocycles. The van der Waals surface area contributed by atoms with E-state index in [0.29, 0.717) is 6.42 Å². The number of halogens is 2. The van der Waals surface area contributed by atoms with E-state index in [2.05, 4.69) is 9.97 Å². The Kier molecular flexibility index (Phi) is 3.06. The molecule has 0 amide bonds. The van der Waals surface area contributed by atoms with Crippen molar-refractivity contribution in [2.75, 3.05) is 0 Å². The van der Waals surface area contributed by atoms with Crippen LogP contribution in [0.25, 0.3) is 10.1 Å². The molecule has 2 heterocycles. The number of aromatic amines is 1. The highest BCUT2D eigenvalue weighted by molar-refractivity contribution is 7.19. The molecule has 0 bridgehead atoms. The third-order valence-electron chi connectivity index (χ3n) is 2.74. The molecule has 92 valence electrons. The van der Waals surface area contributed by atoms with Crippen molar-refractivity contribution in [2.45, 2.75) is 11.8 Å². The fourth-order valence-electron chi connectivity index (χ4n) is 1.86. The molecular weight excluding hydrogens is 271 g/mol. The van der Waals surface area contributed by atoms with E-state index in [1.807, 2.05) is 6.07 Å². The van der Waals surface area contributed by atoms with Crippen molar-refractivity contribution in [1.29, 1.82) is 0 Å². The van der Waals surface area contributed by atoms with Crippen LogP contribution in [0.5, 0.6) is 0 Å². The van der Waals surface area contributed by atoms with Crippen molar-refractivity contribution in [3.05, 3.63) is 53.2 Å². The summed E-state index contributed by atoms with van der Waals surface area (Å²) in [7, 11) is 0. The summed E-state index contributed by atoms with van der Waals surface area (Å²) in [6.45, 7) is 0. The number of fused-ring (bicyclic) bond motifs is 1. The summed E-state index contributed by atoms with van der Waals surface area (Å²) >= 11 is 7.89. The van der Waals surface area contributed by atoms with E-state index in [0.717, 1.165) is 20.8 Å². The molecule has 18 heavy (non-hydrogen) atoms. The monoisotopic (exact) mass is 280 g/mol. The SMILES string of the molecule is Fc1ccc2cc(C(Cl)Cc3ncc[nH]3)sc2c1. The molecule has 1 atom stereocenters. The first-order valence-electron chi connectivity index (χ1n) is 5.54. The number of nitrogens with zero attached hydrogens (tertiary/aromatic N) is 1. The summed E-state index contributed by atoms with van der Waals surface area (Å²) in [6, 6.07) is 6.80. The Hall–Kier alpha value is -1.39. The summed E-state index contributed by atoms with van der Waals surface area (Å²) < 4.78 is 14.0. The van der Waals surface area contributed by atoms with Gasteiger partial charge in [-0.1, -0.05) is 6.07 Å². The highest BCUT2D eigenvalue weighted by Gasteiger charge is 2.14. The average Bonchev–Trinajstić information content (AvgIpc) is 2.96. The van der Waals surface area contributed by atoms with Crippen LogP contribution < -0.4 is 0 Å². The zero-order valence-corrected chi connectivity index (χ0v) is 10.9. The van der Waals surface area contributed by atoms with Gasteiger partial charge in [-0.15, -0.1) is 22.9 Å². The molecular formula is C13H10ClFN2S. The molecule has 1 N–H and O–H groups in total. The second kappa shape index (κ2) is 4.71. The Balaban J connectivity index is 1.89. The van der Waals surface area contributed by atoms with Gasteiger partial charge in [0.2, 0.25) is 0 Å². The van der Waals surface area contributed by atoms with Gasteiger partial charge >= 0.3 is 0 Å². The summed E-state index contributed by atoms with van der Waals surface area (Å²) in [4.78, 5) is 8.22. The molecule has 1 unspecified atom stereocenters. The van der Waals surface area contributed by atoms with Gasteiger partial charge < -0.3 is 4.98 Å². The molecule has 2 nitrogen and oxygen atoms in total. The Labute approximate surface area is 112 Å². The van der Waals surface area contributed by atoms with Crippen molar-refractivity contribution >= 4 is 33.0 Å². The molecule has 3 rings (SSSR count). The van der Waals surface area contributed by atoms with Crippen LogP contribution in [0.2, 0.25) is 0 Å². The van der Waals surface area contributed by atoms with Crippen LogP contribution in [-0.2, 0) is 6.42 Å². The van der Waals surface area contributed by atoms with E-state index < -0.39 is 0 Å². The van der Waals surface area contributed by atoms with Crippen LogP contribution in [0, 0.1) is 5.82 Å². The highest BCUT2D eigenvalue weighted by Crippen LogP contribution is 2.34. The van der Waals surface area contributed by atoms with Crippen molar-refractivity contribution in [1.82, 2.24) is 9.97 Å². The Bertz CT molecular complexity index is 663. The smallest absolute Gasteiger partial charge is 0.124 e. The average molecular weight is 281 g/mol. The van der Waals surface area contributed by atoms with Crippen molar-refractivity contribution < 1.29 is 4.39 Å². The maximum Gasteiger partial charge on any atom is 0.124 e.